The molecule has 1 amide bonds. The Morgan fingerprint density at radius 1 is 1.18 bits per heavy atom. The van der Waals surface area contributed by atoms with Crippen molar-refractivity contribution in [2.45, 2.75) is 77.0 Å². The zero-order chi connectivity index (χ0) is 16.8. The van der Waals surface area contributed by atoms with Gasteiger partial charge in [-0.2, -0.15) is 0 Å². The van der Waals surface area contributed by atoms with Gasteiger partial charge in [-0.25, -0.2) is 4.79 Å². The van der Waals surface area contributed by atoms with Gasteiger partial charge in [0.25, 0.3) is 0 Å². The summed E-state index contributed by atoms with van der Waals surface area (Å²) in [5.41, 5.74) is -0.543. The van der Waals surface area contributed by atoms with Crippen molar-refractivity contribution in [3.8, 4) is 0 Å². The number of carboxylic acids is 1. The second kappa shape index (κ2) is 8.00. The predicted molar refractivity (Wildman–Crippen MR) is 78.4 cm³/mol. The lowest BCUT2D eigenvalue weighted by molar-refractivity contribution is -0.149. The minimum atomic E-state index is -0.921. The van der Waals surface area contributed by atoms with E-state index in [-0.39, 0.29) is 37.4 Å². The molecule has 22 heavy (non-hydrogen) atoms. The average molecular weight is 315 g/mol. The van der Waals surface area contributed by atoms with Crippen LogP contribution in [0.25, 0.3) is 0 Å². The zero-order valence-electron chi connectivity index (χ0n) is 13.4. The Morgan fingerprint density at radius 2 is 1.86 bits per heavy atom. The van der Waals surface area contributed by atoms with Crippen LogP contribution in [0.15, 0.2) is 0 Å². The quantitative estimate of drug-likeness (QED) is 0.729. The Balaban J connectivity index is 2.24. The van der Waals surface area contributed by atoms with Crippen molar-refractivity contribution in [3.63, 3.8) is 0 Å². The van der Waals surface area contributed by atoms with Crippen molar-refractivity contribution in [2.24, 2.45) is 0 Å². The normalized spacial score (nSPS) is 21.2. The number of alkyl carbamates (subject to hydrolysis) is 1. The van der Waals surface area contributed by atoms with Crippen LogP contribution < -0.4 is 5.32 Å². The van der Waals surface area contributed by atoms with Gasteiger partial charge in [0.05, 0.1) is 0 Å². The third-order valence-electron chi connectivity index (χ3n) is 3.18. The van der Waals surface area contributed by atoms with Crippen molar-refractivity contribution in [3.05, 3.63) is 0 Å². The fraction of sp³-hybridized carbons (Fsp3) is 0.800. The fourth-order valence-electron chi connectivity index (χ4n) is 2.28. The maximum Gasteiger partial charge on any atom is 0.407 e. The van der Waals surface area contributed by atoms with Gasteiger partial charge in [-0.1, -0.05) is 0 Å². The molecule has 126 valence electrons. The van der Waals surface area contributed by atoms with Crippen LogP contribution in [0.4, 0.5) is 4.79 Å². The SMILES string of the molecule is CC(C)(C)OC(=O)N[C@@H]1CC[C@H](OC(=O)CCCC(=O)O)C1. The van der Waals surface area contributed by atoms with Crippen molar-refractivity contribution < 1.29 is 29.0 Å². The van der Waals surface area contributed by atoms with E-state index in [1.54, 1.807) is 20.8 Å². The first-order valence-corrected chi connectivity index (χ1v) is 7.56. The molecule has 7 nitrogen and oxygen atoms in total. The maximum absolute atomic E-state index is 11.7. The second-order valence-electron chi connectivity index (χ2n) is 6.52. The Labute approximate surface area is 130 Å². The summed E-state index contributed by atoms with van der Waals surface area (Å²) in [4.78, 5) is 33.6. The molecule has 0 radical (unpaired) electrons. The summed E-state index contributed by atoms with van der Waals surface area (Å²) in [6.07, 6.45) is 1.63. The van der Waals surface area contributed by atoms with Crippen LogP contribution in [-0.4, -0.2) is 40.9 Å². The average Bonchev–Trinajstić information content (AvgIpc) is 2.72. The molecule has 0 spiro atoms. The number of hydrogen-bond acceptors (Lipinski definition) is 5. The molecule has 0 aliphatic heterocycles. The van der Waals surface area contributed by atoms with Gasteiger partial charge < -0.3 is 19.9 Å². The first-order chi connectivity index (χ1) is 10.2. The number of esters is 1. The van der Waals surface area contributed by atoms with Gasteiger partial charge in [-0.3, -0.25) is 9.59 Å². The maximum atomic E-state index is 11.7. The van der Waals surface area contributed by atoms with E-state index in [0.717, 1.165) is 6.42 Å². The Hall–Kier alpha value is -1.79. The molecule has 1 aliphatic carbocycles. The Bertz CT molecular complexity index is 415. The lowest BCUT2D eigenvalue weighted by atomic mass is 10.2. The van der Waals surface area contributed by atoms with Gasteiger partial charge in [-0.05, 0) is 40.0 Å². The van der Waals surface area contributed by atoms with E-state index in [4.69, 9.17) is 14.6 Å². The largest absolute Gasteiger partial charge is 0.481 e. The van der Waals surface area contributed by atoms with E-state index in [2.05, 4.69) is 5.32 Å². The number of aliphatic carboxylic acids is 1. The summed E-state index contributed by atoms with van der Waals surface area (Å²) >= 11 is 0. The number of amides is 1. The number of carboxylic acid groups (broad SMARTS) is 1. The van der Waals surface area contributed by atoms with Crippen molar-refractivity contribution in [2.75, 3.05) is 0 Å². The first kappa shape index (κ1) is 18.3. The van der Waals surface area contributed by atoms with E-state index in [9.17, 15) is 14.4 Å². The van der Waals surface area contributed by atoms with E-state index in [1.807, 2.05) is 0 Å². The molecule has 0 aromatic heterocycles. The summed E-state index contributed by atoms with van der Waals surface area (Å²) in [6, 6.07) is -0.0633. The second-order valence-corrected chi connectivity index (χ2v) is 6.52. The van der Waals surface area contributed by atoms with Crippen LogP contribution >= 0.6 is 0 Å². The molecular weight excluding hydrogens is 290 g/mol. The molecule has 7 heteroatoms. The van der Waals surface area contributed by atoms with Gasteiger partial charge >= 0.3 is 18.0 Å². The van der Waals surface area contributed by atoms with Crippen LogP contribution in [0.1, 0.15) is 59.3 Å². The standard InChI is InChI=1S/C15H25NO6/c1-15(2,3)22-14(20)16-10-7-8-11(9-10)21-13(19)6-4-5-12(17)18/h10-11H,4-9H2,1-3H3,(H,16,20)(H,17,18)/t10-,11+/m1/s1. The van der Waals surface area contributed by atoms with E-state index >= 15 is 0 Å². The summed E-state index contributed by atoms with van der Waals surface area (Å²) in [7, 11) is 0. The van der Waals surface area contributed by atoms with E-state index in [1.165, 1.54) is 0 Å². The monoisotopic (exact) mass is 315 g/mol. The third-order valence-corrected chi connectivity index (χ3v) is 3.18. The summed E-state index contributed by atoms with van der Waals surface area (Å²) < 4.78 is 10.5. The molecule has 1 fully saturated rings. The van der Waals surface area contributed by atoms with Gasteiger partial charge in [0.1, 0.15) is 11.7 Å². The number of nitrogens with one attached hydrogen (secondary N) is 1. The third kappa shape index (κ3) is 7.85. The Morgan fingerprint density at radius 3 is 2.45 bits per heavy atom. The van der Waals surface area contributed by atoms with Gasteiger partial charge in [0.15, 0.2) is 0 Å². The molecule has 2 atom stereocenters. The number of rotatable bonds is 6. The highest BCUT2D eigenvalue weighted by atomic mass is 16.6. The van der Waals surface area contributed by atoms with E-state index in [0.29, 0.717) is 12.8 Å². The molecule has 1 aliphatic rings. The molecule has 0 aromatic rings. The van der Waals surface area contributed by atoms with Crippen LogP contribution in [0.2, 0.25) is 0 Å². The highest BCUT2D eigenvalue weighted by Crippen LogP contribution is 2.23. The van der Waals surface area contributed by atoms with Gasteiger partial charge in [0.2, 0.25) is 0 Å². The highest BCUT2D eigenvalue weighted by Gasteiger charge is 2.29. The van der Waals surface area contributed by atoms with Crippen LogP contribution in [-0.2, 0) is 19.1 Å². The lowest BCUT2D eigenvalue weighted by Crippen LogP contribution is -2.38. The topological polar surface area (TPSA) is 102 Å². The summed E-state index contributed by atoms with van der Waals surface area (Å²) in [5, 5.41) is 11.3. The predicted octanol–water partition coefficient (Wildman–Crippen LogP) is 2.23. The van der Waals surface area contributed by atoms with Crippen LogP contribution in [0, 0.1) is 0 Å². The van der Waals surface area contributed by atoms with Crippen LogP contribution in [0.3, 0.4) is 0 Å². The number of carbonyl (C=O) groups is 3. The molecule has 2 N–H and O–H groups in total. The number of hydrogen-bond donors (Lipinski definition) is 2. The molecule has 1 rings (SSSR count). The fourth-order valence-corrected chi connectivity index (χ4v) is 2.28. The molecule has 0 aromatic carbocycles. The van der Waals surface area contributed by atoms with Gasteiger partial charge in [0, 0.05) is 25.3 Å². The smallest absolute Gasteiger partial charge is 0.407 e. The molecule has 0 heterocycles. The van der Waals surface area contributed by atoms with Crippen molar-refractivity contribution in [1.82, 2.24) is 5.32 Å². The first-order valence-electron chi connectivity index (χ1n) is 7.56. The van der Waals surface area contributed by atoms with Crippen molar-refractivity contribution >= 4 is 18.0 Å². The van der Waals surface area contributed by atoms with E-state index < -0.39 is 17.7 Å². The summed E-state index contributed by atoms with van der Waals surface area (Å²) in [6.45, 7) is 5.38. The number of carbonyl (C=O) groups excluding carboxylic acids is 2. The molecule has 1 saturated carbocycles. The minimum absolute atomic E-state index is 0.0391. The van der Waals surface area contributed by atoms with Crippen LogP contribution in [0.5, 0.6) is 0 Å². The van der Waals surface area contributed by atoms with Crippen molar-refractivity contribution in [1.29, 1.82) is 0 Å². The highest BCUT2D eigenvalue weighted by molar-refractivity contribution is 5.71. The van der Waals surface area contributed by atoms with Gasteiger partial charge in [-0.15, -0.1) is 0 Å². The Kier molecular flexibility index (Phi) is 6.64. The molecule has 0 saturated heterocycles. The molecule has 0 bridgehead atoms. The molecule has 0 unspecified atom stereocenters. The summed E-state index contributed by atoms with van der Waals surface area (Å²) in [5.74, 6) is -1.31. The molecular formula is C15H25NO6. The lowest BCUT2D eigenvalue weighted by Gasteiger charge is -2.21. The number of ether oxygens (including phenoxy) is 2. The minimum Gasteiger partial charge on any atom is -0.481 e. The zero-order valence-corrected chi connectivity index (χ0v) is 13.4.